The Hall–Kier alpha value is -1.77. The molecule has 3 aromatic rings. The number of pyridine rings is 1. The van der Waals surface area contributed by atoms with Crippen molar-refractivity contribution in [1.29, 1.82) is 0 Å². The molecule has 0 atom stereocenters. The minimum Gasteiger partial charge on any atom is -0.330 e. The zero-order chi connectivity index (χ0) is 9.71. The van der Waals surface area contributed by atoms with Crippen LogP contribution in [0.5, 0.6) is 0 Å². The second-order valence-corrected chi connectivity index (χ2v) is 3.57. The Morgan fingerprint density at radius 2 is 2.14 bits per heavy atom. The first-order valence-electron chi connectivity index (χ1n) is 4.66. The third-order valence-electron chi connectivity index (χ3n) is 2.75. The van der Waals surface area contributed by atoms with Gasteiger partial charge in [-0.1, -0.05) is 6.07 Å². The molecule has 3 heteroatoms. The molecule has 0 fully saturated rings. The lowest BCUT2D eigenvalue weighted by Crippen LogP contribution is -1.89. The molecule has 0 aliphatic heterocycles. The van der Waals surface area contributed by atoms with Gasteiger partial charge in [-0.25, -0.2) is 4.98 Å². The predicted molar refractivity (Wildman–Crippen MR) is 56.4 cm³/mol. The quantitative estimate of drug-likeness (QED) is 0.526. The van der Waals surface area contributed by atoms with Gasteiger partial charge < -0.3 is 4.57 Å². The summed E-state index contributed by atoms with van der Waals surface area (Å²) in [6, 6.07) is 8.32. The van der Waals surface area contributed by atoms with Gasteiger partial charge in [-0.05, 0) is 25.1 Å². The lowest BCUT2D eigenvalue weighted by atomic mass is 10.4. The summed E-state index contributed by atoms with van der Waals surface area (Å²) < 4.78 is 4.23. The monoisotopic (exact) mass is 185 g/mol. The van der Waals surface area contributed by atoms with Crippen molar-refractivity contribution in [2.24, 2.45) is 7.05 Å². The van der Waals surface area contributed by atoms with Crippen LogP contribution >= 0.6 is 0 Å². The van der Waals surface area contributed by atoms with E-state index in [0.717, 1.165) is 11.5 Å². The van der Waals surface area contributed by atoms with Crippen molar-refractivity contribution in [3.63, 3.8) is 0 Å². The molecule has 0 aliphatic rings. The van der Waals surface area contributed by atoms with Gasteiger partial charge in [0.1, 0.15) is 5.82 Å². The summed E-state index contributed by atoms with van der Waals surface area (Å²) in [6.07, 6.45) is 2.05. The van der Waals surface area contributed by atoms with Gasteiger partial charge in [0.25, 0.3) is 0 Å². The van der Waals surface area contributed by atoms with E-state index in [1.165, 1.54) is 11.0 Å². The molecule has 0 aromatic carbocycles. The van der Waals surface area contributed by atoms with Gasteiger partial charge in [0.2, 0.25) is 0 Å². The summed E-state index contributed by atoms with van der Waals surface area (Å²) in [6.45, 7) is 2.02. The second-order valence-electron chi connectivity index (χ2n) is 3.57. The average molecular weight is 185 g/mol. The van der Waals surface area contributed by atoms with Crippen LogP contribution in [0, 0.1) is 6.92 Å². The summed E-state index contributed by atoms with van der Waals surface area (Å²) in [5.41, 5.74) is 3.43. The highest BCUT2D eigenvalue weighted by molar-refractivity contribution is 5.81. The molecule has 0 bridgehead atoms. The number of aromatic nitrogens is 3. The second kappa shape index (κ2) is 2.38. The fraction of sp³-hybridized carbons (Fsp3) is 0.182. The molecule has 3 nitrogen and oxygen atoms in total. The Labute approximate surface area is 81.6 Å². The Balaban J connectivity index is 2.60. The minimum atomic E-state index is 1.04. The Morgan fingerprint density at radius 1 is 1.29 bits per heavy atom. The highest BCUT2D eigenvalue weighted by Gasteiger charge is 2.08. The molecule has 0 radical (unpaired) electrons. The first-order valence-corrected chi connectivity index (χ1v) is 4.66. The zero-order valence-electron chi connectivity index (χ0n) is 8.23. The van der Waals surface area contributed by atoms with Crippen LogP contribution < -0.4 is 0 Å². The summed E-state index contributed by atoms with van der Waals surface area (Å²) >= 11 is 0. The van der Waals surface area contributed by atoms with Crippen LogP contribution in [0.15, 0.2) is 30.5 Å². The van der Waals surface area contributed by atoms with Crippen LogP contribution in [-0.2, 0) is 7.05 Å². The topological polar surface area (TPSA) is 22.2 Å². The van der Waals surface area contributed by atoms with Crippen LogP contribution in [0.2, 0.25) is 0 Å². The van der Waals surface area contributed by atoms with Gasteiger partial charge in [-0.15, -0.1) is 0 Å². The van der Waals surface area contributed by atoms with Gasteiger partial charge in [0, 0.05) is 18.8 Å². The van der Waals surface area contributed by atoms with E-state index in [-0.39, 0.29) is 0 Å². The van der Waals surface area contributed by atoms with E-state index in [2.05, 4.69) is 26.1 Å². The first-order chi connectivity index (χ1) is 6.77. The fourth-order valence-corrected chi connectivity index (χ4v) is 1.86. The summed E-state index contributed by atoms with van der Waals surface area (Å²) in [5, 5.41) is 0. The van der Waals surface area contributed by atoms with Crippen molar-refractivity contribution in [3.05, 3.63) is 36.3 Å². The SMILES string of the molecule is Cc1nc2c(cc3ccccn32)n1C. The van der Waals surface area contributed by atoms with E-state index in [4.69, 9.17) is 0 Å². The molecule has 0 amide bonds. The maximum absolute atomic E-state index is 4.53. The normalized spacial score (nSPS) is 11.6. The molecule has 0 saturated carbocycles. The third-order valence-corrected chi connectivity index (χ3v) is 2.75. The van der Waals surface area contributed by atoms with E-state index >= 15 is 0 Å². The van der Waals surface area contributed by atoms with Gasteiger partial charge >= 0.3 is 0 Å². The smallest absolute Gasteiger partial charge is 0.163 e. The van der Waals surface area contributed by atoms with Gasteiger partial charge in [-0.2, -0.15) is 0 Å². The van der Waals surface area contributed by atoms with E-state index in [1.807, 2.05) is 32.3 Å². The number of aryl methyl sites for hydroxylation is 2. The number of fused-ring (bicyclic) bond motifs is 3. The molecule has 0 aliphatic carbocycles. The third kappa shape index (κ3) is 0.789. The molecule has 3 rings (SSSR count). The van der Waals surface area contributed by atoms with E-state index in [1.54, 1.807) is 0 Å². The zero-order valence-corrected chi connectivity index (χ0v) is 8.23. The molecule has 0 saturated heterocycles. The van der Waals surface area contributed by atoms with Gasteiger partial charge in [0.15, 0.2) is 5.65 Å². The van der Waals surface area contributed by atoms with E-state index in [0.29, 0.717) is 0 Å². The first kappa shape index (κ1) is 7.62. The predicted octanol–water partition coefficient (Wildman–Crippen LogP) is 2.13. The Bertz CT molecular complexity index is 616. The highest BCUT2D eigenvalue weighted by atomic mass is 15.1. The standard InChI is InChI=1S/C11H11N3/c1-8-12-11-10(13(8)2)7-9-5-3-4-6-14(9)11/h3-7H,1-2H3. The van der Waals surface area contributed by atoms with Gasteiger partial charge in [0.05, 0.1) is 5.52 Å². The van der Waals surface area contributed by atoms with Crippen LogP contribution in [0.4, 0.5) is 0 Å². The molecule has 70 valence electrons. The lowest BCUT2D eigenvalue weighted by Gasteiger charge is -1.93. The summed E-state index contributed by atoms with van der Waals surface area (Å²) in [4.78, 5) is 4.53. The summed E-state index contributed by atoms with van der Waals surface area (Å²) in [7, 11) is 2.05. The Morgan fingerprint density at radius 3 is 3.00 bits per heavy atom. The van der Waals surface area contributed by atoms with Crippen LogP contribution in [0.25, 0.3) is 16.7 Å². The van der Waals surface area contributed by atoms with Crippen molar-refractivity contribution < 1.29 is 0 Å². The highest BCUT2D eigenvalue weighted by Crippen LogP contribution is 2.19. The average Bonchev–Trinajstić information content (AvgIpc) is 2.67. The van der Waals surface area contributed by atoms with E-state index < -0.39 is 0 Å². The minimum absolute atomic E-state index is 1.04. The molecule has 14 heavy (non-hydrogen) atoms. The molecule has 0 unspecified atom stereocenters. The summed E-state index contributed by atoms with van der Waals surface area (Å²) in [5.74, 6) is 1.05. The van der Waals surface area contributed by atoms with Gasteiger partial charge in [-0.3, -0.25) is 4.40 Å². The van der Waals surface area contributed by atoms with Crippen molar-refractivity contribution in [2.75, 3.05) is 0 Å². The van der Waals surface area contributed by atoms with E-state index in [9.17, 15) is 0 Å². The van der Waals surface area contributed by atoms with Crippen molar-refractivity contribution in [1.82, 2.24) is 14.0 Å². The van der Waals surface area contributed by atoms with Crippen molar-refractivity contribution >= 4 is 16.7 Å². The molecule has 3 aromatic heterocycles. The molecular weight excluding hydrogens is 174 g/mol. The number of rotatable bonds is 0. The number of nitrogens with zero attached hydrogens (tertiary/aromatic N) is 3. The maximum Gasteiger partial charge on any atom is 0.163 e. The van der Waals surface area contributed by atoms with Crippen LogP contribution in [-0.4, -0.2) is 14.0 Å². The molecule has 0 spiro atoms. The largest absolute Gasteiger partial charge is 0.330 e. The van der Waals surface area contributed by atoms with Crippen LogP contribution in [0.1, 0.15) is 5.82 Å². The fourth-order valence-electron chi connectivity index (χ4n) is 1.86. The van der Waals surface area contributed by atoms with Crippen molar-refractivity contribution in [3.8, 4) is 0 Å². The molecular formula is C11H11N3. The van der Waals surface area contributed by atoms with Crippen molar-refractivity contribution in [2.45, 2.75) is 6.92 Å². The van der Waals surface area contributed by atoms with Crippen LogP contribution in [0.3, 0.4) is 0 Å². The maximum atomic E-state index is 4.53. The Kier molecular flexibility index (Phi) is 1.29. The molecule has 3 heterocycles. The number of hydrogen-bond acceptors (Lipinski definition) is 1. The lowest BCUT2D eigenvalue weighted by molar-refractivity contribution is 0.885. The number of imidazole rings is 1. The number of hydrogen-bond donors (Lipinski definition) is 0. The molecule has 0 N–H and O–H groups in total.